The number of carbonyl (C=O) groups excluding carboxylic acids is 2. The molecule has 5 heteroatoms. The molecule has 4 aliphatic carbocycles. The maximum absolute atomic E-state index is 13.9. The summed E-state index contributed by atoms with van der Waals surface area (Å²) in [5, 5.41) is 10.5. The first-order valence-corrected chi connectivity index (χ1v) is 11.0. The monoisotopic (exact) mass is 378 g/mol. The Balaban J connectivity index is 0.00000150. The van der Waals surface area contributed by atoms with Crippen molar-refractivity contribution in [3.8, 4) is 0 Å². The molecule has 4 rings (SSSR count). The molecular weight excluding hydrogens is 340 g/mol. The lowest BCUT2D eigenvalue weighted by Gasteiger charge is -2.44. The smallest absolute Gasteiger partial charge is 0.250 e. The van der Waals surface area contributed by atoms with Crippen LogP contribution in [0.25, 0.3) is 0 Å². The van der Waals surface area contributed by atoms with Gasteiger partial charge in [-0.2, -0.15) is 0 Å². The molecule has 0 saturated heterocycles. The molecule has 4 atom stereocenters. The zero-order valence-electron chi connectivity index (χ0n) is 16.6. The second kappa shape index (κ2) is 7.94. The van der Waals surface area contributed by atoms with Crippen molar-refractivity contribution in [2.45, 2.75) is 82.7 Å². The average molecular weight is 379 g/mol. The fourth-order valence-corrected chi connectivity index (χ4v) is 6.26. The summed E-state index contributed by atoms with van der Waals surface area (Å²) in [6.45, 7) is 0. The van der Waals surface area contributed by atoms with E-state index in [0.29, 0.717) is 17.1 Å². The van der Waals surface area contributed by atoms with Crippen LogP contribution in [0.15, 0.2) is 12.2 Å². The molecule has 0 aliphatic heterocycles. The molecule has 4 aliphatic rings. The van der Waals surface area contributed by atoms with E-state index in [-0.39, 0.29) is 32.4 Å². The third kappa shape index (κ3) is 3.55. The van der Waals surface area contributed by atoms with Crippen LogP contribution in [0.2, 0.25) is 0 Å². The lowest BCUT2D eigenvalue weighted by Crippen LogP contribution is -2.54. The van der Waals surface area contributed by atoms with Crippen molar-refractivity contribution in [2.75, 3.05) is 7.05 Å². The lowest BCUT2D eigenvalue weighted by atomic mass is 9.79. The van der Waals surface area contributed by atoms with E-state index in [0.717, 1.165) is 32.1 Å². The predicted molar refractivity (Wildman–Crippen MR) is 107 cm³/mol. The zero-order valence-corrected chi connectivity index (χ0v) is 16.6. The highest BCUT2D eigenvalue weighted by atomic mass is 16.5. The van der Waals surface area contributed by atoms with Crippen LogP contribution in [0.1, 0.15) is 73.5 Å². The van der Waals surface area contributed by atoms with Crippen LogP contribution in [0, 0.1) is 23.7 Å². The van der Waals surface area contributed by atoms with Gasteiger partial charge in [-0.05, 0) is 43.9 Å². The highest BCUT2D eigenvalue weighted by Crippen LogP contribution is 2.50. The minimum Gasteiger partial charge on any atom is -0.336 e. The summed E-state index contributed by atoms with van der Waals surface area (Å²) in [4.78, 5) is 28.9. The minimum atomic E-state index is -0.391. The van der Waals surface area contributed by atoms with Gasteiger partial charge in [0.2, 0.25) is 11.8 Å². The van der Waals surface area contributed by atoms with Gasteiger partial charge in [-0.15, -0.1) is 0 Å². The van der Waals surface area contributed by atoms with E-state index in [1.165, 1.54) is 45.6 Å². The molecule has 0 heterocycles. The molecular formula is C22H38N2O3. The standard InChI is InChI=1S/C22H34N2O3.2H2/c1-23(27)21(25)19-15-12-13-16(14-15)20(19)22(26)24(17-8-4-2-5-9-17)18-10-6-3-7-11-18;;/h12-13,15-20,27H,2-11,14H2,1H3;2*1H. The Morgan fingerprint density at radius 2 is 1.26 bits per heavy atom. The average Bonchev–Trinajstić information content (AvgIpc) is 3.30. The number of amides is 2. The van der Waals surface area contributed by atoms with Gasteiger partial charge in [0.1, 0.15) is 0 Å². The molecule has 154 valence electrons. The molecule has 0 aromatic heterocycles. The first-order valence-electron chi connectivity index (χ1n) is 11.0. The molecule has 0 aromatic carbocycles. The number of hydrogen-bond donors (Lipinski definition) is 1. The van der Waals surface area contributed by atoms with Crippen molar-refractivity contribution in [1.82, 2.24) is 9.96 Å². The van der Waals surface area contributed by atoms with Crippen molar-refractivity contribution in [2.24, 2.45) is 23.7 Å². The zero-order chi connectivity index (χ0) is 19.0. The maximum atomic E-state index is 13.9. The van der Waals surface area contributed by atoms with Crippen LogP contribution >= 0.6 is 0 Å². The Morgan fingerprint density at radius 3 is 1.70 bits per heavy atom. The van der Waals surface area contributed by atoms with Crippen LogP contribution in [-0.2, 0) is 9.59 Å². The van der Waals surface area contributed by atoms with E-state index in [9.17, 15) is 14.8 Å². The van der Waals surface area contributed by atoms with Crippen LogP contribution in [0.3, 0.4) is 0 Å². The topological polar surface area (TPSA) is 60.9 Å². The van der Waals surface area contributed by atoms with E-state index in [2.05, 4.69) is 17.1 Å². The van der Waals surface area contributed by atoms with Gasteiger partial charge in [-0.1, -0.05) is 50.7 Å². The van der Waals surface area contributed by atoms with E-state index >= 15 is 0 Å². The van der Waals surface area contributed by atoms with Gasteiger partial charge < -0.3 is 4.90 Å². The van der Waals surface area contributed by atoms with Crippen molar-refractivity contribution < 1.29 is 17.6 Å². The van der Waals surface area contributed by atoms with Gasteiger partial charge in [0, 0.05) is 22.0 Å². The summed E-state index contributed by atoms with van der Waals surface area (Å²) in [5.41, 5.74) is 0. The number of hydroxylamine groups is 2. The number of carbonyl (C=O) groups is 2. The molecule has 4 unspecified atom stereocenters. The van der Waals surface area contributed by atoms with Gasteiger partial charge in [-0.3, -0.25) is 14.8 Å². The maximum Gasteiger partial charge on any atom is 0.250 e. The largest absolute Gasteiger partial charge is 0.336 e. The normalized spacial score (nSPS) is 34.0. The minimum absolute atomic E-state index is 0. The van der Waals surface area contributed by atoms with Gasteiger partial charge in [0.05, 0.1) is 11.8 Å². The van der Waals surface area contributed by atoms with Crippen LogP contribution in [0.4, 0.5) is 0 Å². The molecule has 3 saturated carbocycles. The molecule has 2 amide bonds. The van der Waals surface area contributed by atoms with Gasteiger partial charge in [0.15, 0.2) is 0 Å². The molecule has 3 fully saturated rings. The summed E-state index contributed by atoms with van der Waals surface area (Å²) in [7, 11) is 1.39. The Bertz CT molecular complexity index is 583. The second-order valence-electron chi connectivity index (χ2n) is 9.19. The Hall–Kier alpha value is -1.36. The Labute approximate surface area is 165 Å². The van der Waals surface area contributed by atoms with Gasteiger partial charge >= 0.3 is 0 Å². The van der Waals surface area contributed by atoms with E-state index < -0.39 is 5.92 Å². The predicted octanol–water partition coefficient (Wildman–Crippen LogP) is 4.26. The summed E-state index contributed by atoms with van der Waals surface area (Å²) >= 11 is 0. The summed E-state index contributed by atoms with van der Waals surface area (Å²) in [6.07, 6.45) is 16.9. The molecule has 5 nitrogen and oxygen atoms in total. The van der Waals surface area contributed by atoms with Crippen LogP contribution in [-0.4, -0.2) is 46.1 Å². The molecule has 2 bridgehead atoms. The fraction of sp³-hybridized carbons (Fsp3) is 0.818. The third-order valence-electron chi connectivity index (χ3n) is 7.54. The highest BCUT2D eigenvalue weighted by molar-refractivity contribution is 5.89. The molecule has 0 aromatic rings. The highest BCUT2D eigenvalue weighted by Gasteiger charge is 2.54. The number of rotatable bonds is 4. The SMILES string of the molecule is CN(O)C(=O)C1C2C=CC(C2)C1C(=O)N(C1CCCCC1)C1CCCCC1.[HH].[HH]. The van der Waals surface area contributed by atoms with Crippen molar-refractivity contribution in [3.05, 3.63) is 12.2 Å². The van der Waals surface area contributed by atoms with E-state index in [1.54, 1.807) is 0 Å². The molecule has 0 spiro atoms. The number of allylic oxidation sites excluding steroid dienone is 2. The first kappa shape index (κ1) is 19.0. The van der Waals surface area contributed by atoms with Crippen molar-refractivity contribution >= 4 is 11.8 Å². The third-order valence-corrected chi connectivity index (χ3v) is 7.54. The quantitative estimate of drug-likeness (QED) is 0.452. The van der Waals surface area contributed by atoms with Crippen LogP contribution < -0.4 is 0 Å². The van der Waals surface area contributed by atoms with Crippen molar-refractivity contribution in [1.29, 1.82) is 0 Å². The number of fused-ring (bicyclic) bond motifs is 2. The van der Waals surface area contributed by atoms with E-state index in [1.807, 2.05) is 0 Å². The second-order valence-corrected chi connectivity index (χ2v) is 9.19. The van der Waals surface area contributed by atoms with Crippen LogP contribution in [0.5, 0.6) is 0 Å². The summed E-state index contributed by atoms with van der Waals surface area (Å²) in [6, 6.07) is 0.695. The van der Waals surface area contributed by atoms with E-state index in [4.69, 9.17) is 0 Å². The fourth-order valence-electron chi connectivity index (χ4n) is 6.26. The molecule has 27 heavy (non-hydrogen) atoms. The number of hydrogen-bond acceptors (Lipinski definition) is 3. The van der Waals surface area contributed by atoms with Gasteiger partial charge in [-0.25, -0.2) is 5.06 Å². The number of nitrogens with zero attached hydrogens (tertiary/aromatic N) is 2. The molecule has 0 radical (unpaired) electrons. The van der Waals surface area contributed by atoms with Crippen molar-refractivity contribution in [3.63, 3.8) is 0 Å². The van der Waals surface area contributed by atoms with Gasteiger partial charge in [0.25, 0.3) is 0 Å². The summed E-state index contributed by atoms with van der Waals surface area (Å²) in [5.74, 6) is -0.511. The Kier molecular flexibility index (Phi) is 5.58. The lowest BCUT2D eigenvalue weighted by molar-refractivity contribution is -0.170. The Morgan fingerprint density at radius 1 is 0.815 bits per heavy atom. The summed E-state index contributed by atoms with van der Waals surface area (Å²) < 4.78 is 0. The first-order chi connectivity index (χ1) is 13.1. The molecule has 1 N–H and O–H groups in total.